The van der Waals surface area contributed by atoms with Gasteiger partial charge in [-0.2, -0.15) is 0 Å². The van der Waals surface area contributed by atoms with Crippen molar-refractivity contribution in [2.75, 3.05) is 0 Å². The van der Waals surface area contributed by atoms with Gasteiger partial charge in [0.25, 0.3) is 0 Å². The first-order valence-corrected chi connectivity index (χ1v) is 5.93. The highest BCUT2D eigenvalue weighted by Gasteiger charge is 2.09. The van der Waals surface area contributed by atoms with Gasteiger partial charge < -0.3 is 10.7 Å². The lowest BCUT2D eigenvalue weighted by Crippen LogP contribution is -1.95. The van der Waals surface area contributed by atoms with Crippen LogP contribution in [0.1, 0.15) is 44.0 Å². The lowest BCUT2D eigenvalue weighted by Gasteiger charge is -2.04. The molecule has 1 unspecified atom stereocenters. The maximum atomic E-state index is 5.62. The van der Waals surface area contributed by atoms with Crippen LogP contribution in [0.3, 0.4) is 0 Å². The summed E-state index contributed by atoms with van der Waals surface area (Å²) in [4.78, 5) is 8.00. The van der Waals surface area contributed by atoms with Crippen molar-refractivity contribution in [2.24, 2.45) is 5.73 Å². The molecule has 0 amide bonds. The Labute approximate surface area is 96.1 Å². The summed E-state index contributed by atoms with van der Waals surface area (Å²) in [7, 11) is 0. The summed E-state index contributed by atoms with van der Waals surface area (Å²) in [5, 5.41) is 0. The van der Waals surface area contributed by atoms with Gasteiger partial charge in [0.2, 0.25) is 0 Å². The lowest BCUT2D eigenvalue weighted by molar-refractivity contribution is 0.636. The van der Waals surface area contributed by atoms with E-state index in [0.717, 1.165) is 22.4 Å². The number of fused-ring (bicyclic) bond motifs is 1. The molecule has 1 aromatic heterocycles. The van der Waals surface area contributed by atoms with Crippen molar-refractivity contribution in [3.8, 4) is 0 Å². The maximum absolute atomic E-state index is 5.62. The van der Waals surface area contributed by atoms with Crippen molar-refractivity contribution in [2.45, 2.75) is 39.2 Å². The monoisotopic (exact) mass is 217 g/mol. The van der Waals surface area contributed by atoms with Crippen molar-refractivity contribution < 1.29 is 0 Å². The van der Waals surface area contributed by atoms with E-state index in [1.54, 1.807) is 0 Å². The fraction of sp³-hybridized carbons (Fsp3) is 0.462. The zero-order valence-electron chi connectivity index (χ0n) is 9.96. The first-order chi connectivity index (χ1) is 7.74. The van der Waals surface area contributed by atoms with E-state index in [0.29, 0.717) is 12.5 Å². The van der Waals surface area contributed by atoms with Crippen LogP contribution in [0.25, 0.3) is 11.0 Å². The van der Waals surface area contributed by atoms with Gasteiger partial charge in [-0.3, -0.25) is 0 Å². The molecule has 0 fully saturated rings. The van der Waals surface area contributed by atoms with E-state index in [4.69, 9.17) is 5.73 Å². The van der Waals surface area contributed by atoms with Gasteiger partial charge in [0.1, 0.15) is 5.82 Å². The van der Waals surface area contributed by atoms with E-state index >= 15 is 0 Å². The third kappa shape index (κ3) is 2.09. The normalized spacial score (nSPS) is 13.2. The lowest BCUT2D eigenvalue weighted by atomic mass is 10.1. The van der Waals surface area contributed by atoms with Gasteiger partial charge in [-0.25, -0.2) is 4.98 Å². The number of aromatic nitrogens is 2. The summed E-state index contributed by atoms with van der Waals surface area (Å²) in [5.74, 6) is 1.59. The van der Waals surface area contributed by atoms with Crippen LogP contribution in [0.2, 0.25) is 0 Å². The minimum absolute atomic E-state index is 0.499. The second-order valence-corrected chi connectivity index (χ2v) is 4.37. The third-order valence-electron chi connectivity index (χ3n) is 2.99. The summed E-state index contributed by atoms with van der Waals surface area (Å²) in [6.45, 7) is 4.99. The Balaban J connectivity index is 2.35. The molecule has 86 valence electrons. The highest BCUT2D eigenvalue weighted by molar-refractivity contribution is 5.75. The number of H-pyrrole nitrogens is 1. The highest BCUT2D eigenvalue weighted by Crippen LogP contribution is 2.21. The van der Waals surface area contributed by atoms with Crippen molar-refractivity contribution >= 4 is 11.0 Å². The second-order valence-electron chi connectivity index (χ2n) is 4.37. The molecular formula is C13H19N3. The molecule has 3 N–H and O–H groups in total. The molecule has 0 radical (unpaired) electrons. The van der Waals surface area contributed by atoms with Gasteiger partial charge >= 0.3 is 0 Å². The van der Waals surface area contributed by atoms with Crippen molar-refractivity contribution in [3.63, 3.8) is 0 Å². The Morgan fingerprint density at radius 1 is 1.44 bits per heavy atom. The summed E-state index contributed by atoms with van der Waals surface area (Å²) in [6.07, 6.45) is 2.36. The maximum Gasteiger partial charge on any atom is 0.110 e. The third-order valence-corrected chi connectivity index (χ3v) is 2.99. The van der Waals surface area contributed by atoms with Crippen LogP contribution in [0, 0.1) is 0 Å². The minimum atomic E-state index is 0.499. The van der Waals surface area contributed by atoms with Crippen LogP contribution in [-0.4, -0.2) is 9.97 Å². The molecule has 0 aliphatic rings. The Morgan fingerprint density at radius 2 is 2.25 bits per heavy atom. The highest BCUT2D eigenvalue weighted by atomic mass is 14.9. The fourth-order valence-corrected chi connectivity index (χ4v) is 2.01. The van der Waals surface area contributed by atoms with E-state index in [1.165, 1.54) is 12.8 Å². The average molecular weight is 217 g/mol. The Hall–Kier alpha value is -1.35. The number of nitrogens with two attached hydrogens (primary N) is 1. The standard InChI is InChI=1S/C13H19N3/c1-3-4-9(2)13-15-11-6-5-10(8-14)7-12(11)16-13/h5-7,9H,3-4,8,14H2,1-2H3,(H,15,16). The van der Waals surface area contributed by atoms with E-state index in [1.807, 2.05) is 12.1 Å². The van der Waals surface area contributed by atoms with Crippen LogP contribution in [0.5, 0.6) is 0 Å². The number of rotatable bonds is 4. The van der Waals surface area contributed by atoms with Gasteiger partial charge in [0, 0.05) is 12.5 Å². The molecule has 3 nitrogen and oxygen atoms in total. The van der Waals surface area contributed by atoms with Crippen LogP contribution in [-0.2, 0) is 6.54 Å². The quantitative estimate of drug-likeness (QED) is 0.827. The molecule has 0 aliphatic heterocycles. The van der Waals surface area contributed by atoms with Crippen LogP contribution in [0.15, 0.2) is 18.2 Å². The van der Waals surface area contributed by atoms with Crippen LogP contribution < -0.4 is 5.73 Å². The Bertz CT molecular complexity index is 473. The molecule has 0 bridgehead atoms. The second kappa shape index (κ2) is 4.66. The van der Waals surface area contributed by atoms with Gasteiger partial charge in [-0.15, -0.1) is 0 Å². The molecule has 0 saturated carbocycles. The van der Waals surface area contributed by atoms with Crippen LogP contribution in [0.4, 0.5) is 0 Å². The number of hydrogen-bond donors (Lipinski definition) is 2. The van der Waals surface area contributed by atoms with Crippen molar-refractivity contribution in [1.29, 1.82) is 0 Å². The first-order valence-electron chi connectivity index (χ1n) is 5.93. The zero-order chi connectivity index (χ0) is 11.5. The van der Waals surface area contributed by atoms with Gasteiger partial charge in [-0.05, 0) is 24.1 Å². The number of imidazole rings is 1. The summed E-state index contributed by atoms with van der Waals surface area (Å²) >= 11 is 0. The van der Waals surface area contributed by atoms with E-state index < -0.39 is 0 Å². The minimum Gasteiger partial charge on any atom is -0.342 e. The molecule has 0 saturated heterocycles. The van der Waals surface area contributed by atoms with Crippen molar-refractivity contribution in [3.05, 3.63) is 29.6 Å². The average Bonchev–Trinajstić information content (AvgIpc) is 2.71. The molecule has 16 heavy (non-hydrogen) atoms. The SMILES string of the molecule is CCCC(C)c1nc2ccc(CN)cc2[nH]1. The molecule has 2 aromatic rings. The summed E-state index contributed by atoms with van der Waals surface area (Å²) < 4.78 is 0. The molecule has 2 rings (SSSR count). The number of benzene rings is 1. The van der Waals surface area contributed by atoms with E-state index in [-0.39, 0.29) is 0 Å². The van der Waals surface area contributed by atoms with Gasteiger partial charge in [-0.1, -0.05) is 26.3 Å². The summed E-state index contributed by atoms with van der Waals surface area (Å²) in [5.41, 5.74) is 8.90. The summed E-state index contributed by atoms with van der Waals surface area (Å²) in [6, 6.07) is 6.16. The Kier molecular flexibility index (Phi) is 3.25. The topological polar surface area (TPSA) is 54.7 Å². The van der Waals surface area contributed by atoms with Gasteiger partial charge in [0.05, 0.1) is 11.0 Å². The molecule has 1 aromatic carbocycles. The molecule has 0 spiro atoms. The van der Waals surface area contributed by atoms with Crippen LogP contribution >= 0.6 is 0 Å². The molecular weight excluding hydrogens is 198 g/mol. The van der Waals surface area contributed by atoms with Crippen molar-refractivity contribution in [1.82, 2.24) is 9.97 Å². The molecule has 1 atom stereocenters. The fourth-order valence-electron chi connectivity index (χ4n) is 2.01. The predicted octanol–water partition coefficient (Wildman–Crippen LogP) is 2.93. The first kappa shape index (κ1) is 11.1. The number of aromatic amines is 1. The number of hydrogen-bond acceptors (Lipinski definition) is 2. The zero-order valence-corrected chi connectivity index (χ0v) is 9.96. The predicted molar refractivity (Wildman–Crippen MR) is 67.3 cm³/mol. The smallest absolute Gasteiger partial charge is 0.110 e. The molecule has 3 heteroatoms. The largest absolute Gasteiger partial charge is 0.342 e. The molecule has 0 aliphatic carbocycles. The number of nitrogens with one attached hydrogen (secondary N) is 1. The number of nitrogens with zero attached hydrogens (tertiary/aromatic N) is 1. The van der Waals surface area contributed by atoms with E-state index in [2.05, 4.69) is 29.9 Å². The Morgan fingerprint density at radius 3 is 2.94 bits per heavy atom. The van der Waals surface area contributed by atoms with E-state index in [9.17, 15) is 0 Å². The van der Waals surface area contributed by atoms with Gasteiger partial charge in [0.15, 0.2) is 0 Å². The molecule has 1 heterocycles.